The van der Waals surface area contributed by atoms with Crippen molar-refractivity contribution in [3.8, 4) is 0 Å². The molecule has 0 aromatic carbocycles. The first-order valence-corrected chi connectivity index (χ1v) is 6.63. The van der Waals surface area contributed by atoms with Crippen molar-refractivity contribution < 1.29 is 9.53 Å². The zero-order chi connectivity index (χ0) is 11.5. The molecule has 15 heavy (non-hydrogen) atoms. The van der Waals surface area contributed by atoms with Gasteiger partial charge in [-0.2, -0.15) is 0 Å². The Morgan fingerprint density at radius 1 is 1.33 bits per heavy atom. The van der Waals surface area contributed by atoms with E-state index in [1.807, 2.05) is 13.8 Å². The molecule has 0 aliphatic rings. The molecule has 0 fully saturated rings. The zero-order valence-electron chi connectivity index (χ0n) is 9.84. The highest BCUT2D eigenvalue weighted by molar-refractivity contribution is 7.98. The second kappa shape index (κ2) is 10.3. The molecule has 0 aliphatic heterocycles. The quantitative estimate of drug-likeness (QED) is 0.455. The average Bonchev–Trinajstić information content (AvgIpc) is 2.21. The van der Waals surface area contributed by atoms with E-state index >= 15 is 0 Å². The third kappa shape index (κ3) is 10.0. The van der Waals surface area contributed by atoms with Gasteiger partial charge in [0.1, 0.15) is 0 Å². The molecule has 0 aromatic heterocycles. The lowest BCUT2D eigenvalue weighted by Gasteiger charge is -2.08. The number of hydrogen-bond acceptors (Lipinski definition) is 4. The lowest BCUT2D eigenvalue weighted by molar-refractivity contribution is -0.124. The van der Waals surface area contributed by atoms with Gasteiger partial charge in [0.05, 0.1) is 13.2 Å². The molecular weight excluding hydrogens is 212 g/mol. The van der Waals surface area contributed by atoms with E-state index < -0.39 is 0 Å². The largest absolute Gasteiger partial charge is 0.378 e. The van der Waals surface area contributed by atoms with E-state index in [1.54, 1.807) is 11.8 Å². The molecule has 90 valence electrons. The van der Waals surface area contributed by atoms with Crippen LogP contribution in [0.25, 0.3) is 0 Å². The van der Waals surface area contributed by atoms with E-state index in [0.29, 0.717) is 19.8 Å². The molecule has 0 saturated heterocycles. The van der Waals surface area contributed by atoms with E-state index in [-0.39, 0.29) is 11.8 Å². The van der Waals surface area contributed by atoms with Crippen molar-refractivity contribution in [1.29, 1.82) is 0 Å². The summed E-state index contributed by atoms with van der Waals surface area (Å²) in [6.07, 6.45) is 2.05. The third-order valence-electron chi connectivity index (χ3n) is 1.74. The van der Waals surface area contributed by atoms with Gasteiger partial charge in [0.25, 0.3) is 0 Å². The van der Waals surface area contributed by atoms with E-state index in [1.165, 1.54) is 0 Å². The maximum Gasteiger partial charge on any atom is 0.222 e. The molecule has 0 heterocycles. The molecule has 0 bridgehead atoms. The summed E-state index contributed by atoms with van der Waals surface area (Å²) >= 11 is 1.75. The maximum atomic E-state index is 11.1. The second-order valence-corrected chi connectivity index (χ2v) is 4.36. The van der Waals surface area contributed by atoms with Gasteiger partial charge in [-0.15, -0.1) is 11.8 Å². The second-order valence-electron chi connectivity index (χ2n) is 3.49. The Balaban J connectivity index is 3.08. The van der Waals surface area contributed by atoms with E-state index in [2.05, 4.69) is 16.9 Å². The number of carbonyl (C=O) groups is 1. The van der Waals surface area contributed by atoms with Gasteiger partial charge < -0.3 is 15.4 Å². The summed E-state index contributed by atoms with van der Waals surface area (Å²) in [5.41, 5.74) is 0. The van der Waals surface area contributed by atoms with E-state index in [4.69, 9.17) is 4.74 Å². The Morgan fingerprint density at radius 2 is 2.00 bits per heavy atom. The van der Waals surface area contributed by atoms with Crippen LogP contribution in [0.3, 0.4) is 0 Å². The fourth-order valence-electron chi connectivity index (χ4n) is 0.871. The van der Waals surface area contributed by atoms with Crippen LogP contribution in [0.4, 0.5) is 0 Å². The monoisotopic (exact) mass is 234 g/mol. The van der Waals surface area contributed by atoms with Crippen molar-refractivity contribution in [3.63, 3.8) is 0 Å². The third-order valence-corrected chi connectivity index (χ3v) is 2.23. The van der Waals surface area contributed by atoms with Gasteiger partial charge in [0.15, 0.2) is 0 Å². The van der Waals surface area contributed by atoms with Crippen molar-refractivity contribution in [2.45, 2.75) is 13.8 Å². The maximum absolute atomic E-state index is 11.1. The minimum atomic E-state index is 0.0493. The summed E-state index contributed by atoms with van der Waals surface area (Å²) in [5, 5.41) is 6.00. The van der Waals surface area contributed by atoms with Crippen molar-refractivity contribution in [1.82, 2.24) is 10.6 Å². The Bertz CT molecular complexity index is 166. The molecule has 0 radical (unpaired) electrons. The first-order valence-electron chi connectivity index (χ1n) is 5.23. The lowest BCUT2D eigenvalue weighted by Crippen LogP contribution is -2.31. The molecule has 5 heteroatoms. The first-order chi connectivity index (χ1) is 7.18. The summed E-state index contributed by atoms with van der Waals surface area (Å²) < 4.78 is 5.32. The fourth-order valence-corrected chi connectivity index (χ4v) is 1.22. The molecule has 0 spiro atoms. The van der Waals surface area contributed by atoms with Crippen LogP contribution in [0.15, 0.2) is 0 Å². The predicted molar refractivity (Wildman–Crippen MR) is 65.1 cm³/mol. The highest BCUT2D eigenvalue weighted by Gasteiger charge is 2.04. The van der Waals surface area contributed by atoms with E-state index in [9.17, 15) is 4.79 Å². The molecule has 1 amide bonds. The Hall–Kier alpha value is -0.260. The van der Waals surface area contributed by atoms with Gasteiger partial charge in [-0.05, 0) is 6.26 Å². The van der Waals surface area contributed by atoms with Crippen LogP contribution < -0.4 is 10.6 Å². The molecule has 0 aromatic rings. The van der Waals surface area contributed by atoms with Gasteiger partial charge in [-0.25, -0.2) is 0 Å². The number of nitrogens with one attached hydrogen (secondary N) is 2. The molecule has 0 unspecified atom stereocenters. The van der Waals surface area contributed by atoms with Crippen molar-refractivity contribution in [2.75, 3.05) is 38.4 Å². The van der Waals surface area contributed by atoms with Gasteiger partial charge >= 0.3 is 0 Å². The summed E-state index contributed by atoms with van der Waals surface area (Å²) in [5.74, 6) is 1.08. The molecule has 4 nitrogen and oxygen atoms in total. The molecule has 0 aliphatic carbocycles. The SMILES string of the molecule is CSCNCCOCCNC(=O)C(C)C. The summed E-state index contributed by atoms with van der Waals surface area (Å²) in [6.45, 7) is 6.49. The van der Waals surface area contributed by atoms with Crippen LogP contribution in [0.5, 0.6) is 0 Å². The van der Waals surface area contributed by atoms with Crippen molar-refractivity contribution in [3.05, 3.63) is 0 Å². The smallest absolute Gasteiger partial charge is 0.222 e. The van der Waals surface area contributed by atoms with Gasteiger partial charge in [0.2, 0.25) is 5.91 Å². The van der Waals surface area contributed by atoms with Crippen LogP contribution in [0.2, 0.25) is 0 Å². The number of carbonyl (C=O) groups excluding carboxylic acids is 1. The lowest BCUT2D eigenvalue weighted by atomic mass is 10.2. The zero-order valence-corrected chi connectivity index (χ0v) is 10.7. The van der Waals surface area contributed by atoms with Crippen LogP contribution in [-0.4, -0.2) is 44.3 Å². The Morgan fingerprint density at radius 3 is 2.60 bits per heavy atom. The van der Waals surface area contributed by atoms with Crippen LogP contribution in [-0.2, 0) is 9.53 Å². The first kappa shape index (κ1) is 14.7. The Kier molecular flexibility index (Phi) is 10.1. The van der Waals surface area contributed by atoms with Crippen LogP contribution in [0, 0.1) is 5.92 Å². The summed E-state index contributed by atoms with van der Waals surface area (Å²) in [7, 11) is 0. The number of ether oxygens (including phenoxy) is 1. The fraction of sp³-hybridized carbons (Fsp3) is 0.900. The van der Waals surface area contributed by atoms with Gasteiger partial charge in [0, 0.05) is 24.9 Å². The Labute approximate surface area is 96.5 Å². The average molecular weight is 234 g/mol. The van der Waals surface area contributed by atoms with Crippen molar-refractivity contribution >= 4 is 17.7 Å². The highest BCUT2D eigenvalue weighted by atomic mass is 32.2. The number of rotatable bonds is 9. The number of thioether (sulfide) groups is 1. The minimum absolute atomic E-state index is 0.0493. The molecule has 0 saturated carbocycles. The summed E-state index contributed by atoms with van der Waals surface area (Å²) in [4.78, 5) is 11.1. The normalized spacial score (nSPS) is 10.7. The number of amides is 1. The van der Waals surface area contributed by atoms with Crippen LogP contribution in [0.1, 0.15) is 13.8 Å². The number of hydrogen-bond donors (Lipinski definition) is 2. The van der Waals surface area contributed by atoms with Gasteiger partial charge in [-0.1, -0.05) is 13.8 Å². The topological polar surface area (TPSA) is 50.4 Å². The summed E-state index contributed by atoms with van der Waals surface area (Å²) in [6, 6.07) is 0. The molecule has 0 atom stereocenters. The molecule has 0 rings (SSSR count). The molecular formula is C10H22N2O2S. The van der Waals surface area contributed by atoms with Crippen LogP contribution >= 0.6 is 11.8 Å². The standard InChI is InChI=1S/C10H22N2O2S/c1-9(2)10(13)12-5-7-14-6-4-11-8-15-3/h9,11H,4-8H2,1-3H3,(H,12,13). The predicted octanol–water partition coefficient (Wildman–Crippen LogP) is 0.685. The molecule has 2 N–H and O–H groups in total. The van der Waals surface area contributed by atoms with E-state index in [0.717, 1.165) is 12.4 Å². The highest BCUT2D eigenvalue weighted by Crippen LogP contribution is 1.89. The van der Waals surface area contributed by atoms with Gasteiger partial charge in [-0.3, -0.25) is 4.79 Å². The van der Waals surface area contributed by atoms with Crippen molar-refractivity contribution in [2.24, 2.45) is 5.92 Å². The minimum Gasteiger partial charge on any atom is -0.378 e.